The van der Waals surface area contributed by atoms with Crippen LogP contribution in [0.15, 0.2) is 36.4 Å². The molecule has 0 aliphatic carbocycles. The van der Waals surface area contributed by atoms with Crippen LogP contribution in [0.5, 0.6) is 0 Å². The minimum atomic E-state index is -0.380. The Morgan fingerprint density at radius 3 is 2.69 bits per heavy atom. The van der Waals surface area contributed by atoms with E-state index in [-0.39, 0.29) is 17.2 Å². The number of H-pyrrole nitrogens is 1. The summed E-state index contributed by atoms with van der Waals surface area (Å²) in [5.74, 6) is -0.350. The van der Waals surface area contributed by atoms with E-state index in [0.29, 0.717) is 28.1 Å². The molecule has 0 amide bonds. The molecule has 0 atom stereocenters. The second-order valence-electron chi connectivity index (χ2n) is 6.32. The Labute approximate surface area is 149 Å². The van der Waals surface area contributed by atoms with Gasteiger partial charge in [0.2, 0.25) is 0 Å². The average molecular weight is 350 g/mol. The first-order valence-electron chi connectivity index (χ1n) is 8.46. The molecule has 3 aromatic rings. The maximum absolute atomic E-state index is 14.5. The number of imidazole rings is 1. The van der Waals surface area contributed by atoms with E-state index >= 15 is 0 Å². The largest absolute Gasteiger partial charge is 0.369 e. The van der Waals surface area contributed by atoms with Crippen molar-refractivity contribution in [1.82, 2.24) is 9.97 Å². The van der Waals surface area contributed by atoms with E-state index in [1.807, 2.05) is 4.90 Å². The monoisotopic (exact) mass is 350 g/mol. The summed E-state index contributed by atoms with van der Waals surface area (Å²) in [5.41, 5.74) is 2.51. The fourth-order valence-electron chi connectivity index (χ4n) is 3.26. The number of nitrogens with zero attached hydrogens (tertiary/aromatic N) is 3. The van der Waals surface area contributed by atoms with Gasteiger partial charge in [0.15, 0.2) is 0 Å². The highest BCUT2D eigenvalue weighted by molar-refractivity contribution is 5.90. The number of allylic oxidation sites excluding steroid dienone is 1. The number of benzene rings is 2. The van der Waals surface area contributed by atoms with Crippen LogP contribution in [-0.2, 0) is 0 Å². The van der Waals surface area contributed by atoms with Crippen LogP contribution in [0, 0.1) is 23.0 Å². The van der Waals surface area contributed by atoms with Crippen molar-refractivity contribution in [3.63, 3.8) is 0 Å². The molecule has 26 heavy (non-hydrogen) atoms. The molecule has 2 aromatic carbocycles. The Morgan fingerprint density at radius 1 is 1.15 bits per heavy atom. The Hall–Kier alpha value is -3.20. The average Bonchev–Trinajstić information content (AvgIpc) is 3.29. The number of rotatable bonds is 3. The van der Waals surface area contributed by atoms with Gasteiger partial charge in [0.25, 0.3) is 0 Å². The molecule has 1 N–H and O–H groups in total. The number of hydrogen-bond donors (Lipinski definition) is 1. The van der Waals surface area contributed by atoms with Crippen LogP contribution in [0.4, 0.5) is 14.5 Å². The van der Waals surface area contributed by atoms with E-state index in [4.69, 9.17) is 0 Å². The molecule has 1 saturated heterocycles. The molecule has 130 valence electrons. The van der Waals surface area contributed by atoms with Crippen LogP contribution < -0.4 is 4.90 Å². The molecule has 0 radical (unpaired) electrons. The predicted molar refractivity (Wildman–Crippen MR) is 97.4 cm³/mol. The molecule has 0 bridgehead atoms. The van der Waals surface area contributed by atoms with Crippen molar-refractivity contribution in [2.75, 3.05) is 18.0 Å². The second kappa shape index (κ2) is 6.60. The first kappa shape index (κ1) is 16.3. The van der Waals surface area contributed by atoms with Crippen LogP contribution >= 0.6 is 0 Å². The van der Waals surface area contributed by atoms with E-state index in [0.717, 1.165) is 25.9 Å². The molecule has 6 heteroatoms. The Morgan fingerprint density at radius 2 is 1.96 bits per heavy atom. The summed E-state index contributed by atoms with van der Waals surface area (Å²) >= 11 is 0. The lowest BCUT2D eigenvalue weighted by Gasteiger charge is -2.18. The number of halogens is 2. The quantitative estimate of drug-likeness (QED) is 0.707. The Balaban J connectivity index is 1.68. The molecular weight excluding hydrogens is 334 g/mol. The number of nitriles is 1. The van der Waals surface area contributed by atoms with Gasteiger partial charge in [0.05, 0.1) is 22.3 Å². The molecule has 1 aliphatic heterocycles. The van der Waals surface area contributed by atoms with Crippen LogP contribution in [0.3, 0.4) is 0 Å². The van der Waals surface area contributed by atoms with Crippen molar-refractivity contribution in [1.29, 1.82) is 5.26 Å². The van der Waals surface area contributed by atoms with Crippen LogP contribution in [-0.4, -0.2) is 23.1 Å². The minimum absolute atomic E-state index is 0.259. The van der Waals surface area contributed by atoms with Gasteiger partial charge in [-0.2, -0.15) is 5.26 Å². The van der Waals surface area contributed by atoms with Gasteiger partial charge in [0, 0.05) is 13.1 Å². The Bertz CT molecular complexity index is 1040. The van der Waals surface area contributed by atoms with Crippen LogP contribution in [0.25, 0.3) is 22.7 Å². The van der Waals surface area contributed by atoms with Gasteiger partial charge in [-0.1, -0.05) is 6.07 Å². The van der Waals surface area contributed by atoms with E-state index in [2.05, 4.69) is 16.0 Å². The van der Waals surface area contributed by atoms with E-state index in [1.165, 1.54) is 18.2 Å². The number of fused-ring (bicyclic) bond motifs is 1. The Kier molecular flexibility index (Phi) is 4.13. The molecular formula is C20H16F2N4. The zero-order chi connectivity index (χ0) is 18.1. The highest BCUT2D eigenvalue weighted by Crippen LogP contribution is 2.26. The van der Waals surface area contributed by atoms with Gasteiger partial charge in [0.1, 0.15) is 23.5 Å². The molecule has 4 rings (SSSR count). The lowest BCUT2D eigenvalue weighted by atomic mass is 10.1. The highest BCUT2D eigenvalue weighted by atomic mass is 19.1. The van der Waals surface area contributed by atoms with E-state index in [1.54, 1.807) is 24.3 Å². The fraction of sp³-hybridized carbons (Fsp3) is 0.200. The number of aromatic nitrogens is 2. The molecule has 4 nitrogen and oxygen atoms in total. The smallest absolute Gasteiger partial charge is 0.149 e. The van der Waals surface area contributed by atoms with Gasteiger partial charge < -0.3 is 9.88 Å². The SMILES string of the molecule is N#C/C(=C/c1ccc(N2CCCC2)c(F)c1)c1nc2ccc(F)cc2[nH]1. The first-order chi connectivity index (χ1) is 12.6. The highest BCUT2D eigenvalue weighted by Gasteiger charge is 2.16. The van der Waals surface area contributed by atoms with Gasteiger partial charge in [-0.3, -0.25) is 0 Å². The van der Waals surface area contributed by atoms with Crippen molar-refractivity contribution in [3.8, 4) is 6.07 Å². The first-order valence-corrected chi connectivity index (χ1v) is 8.46. The third-order valence-electron chi connectivity index (χ3n) is 4.55. The molecule has 1 aromatic heterocycles. The van der Waals surface area contributed by atoms with Crippen molar-refractivity contribution < 1.29 is 8.78 Å². The van der Waals surface area contributed by atoms with Crippen molar-refractivity contribution in [2.45, 2.75) is 12.8 Å². The molecule has 1 aliphatic rings. The maximum Gasteiger partial charge on any atom is 0.149 e. The summed E-state index contributed by atoms with van der Waals surface area (Å²) in [4.78, 5) is 9.27. The second-order valence-corrected chi connectivity index (χ2v) is 6.32. The number of aromatic amines is 1. The summed E-state index contributed by atoms with van der Waals surface area (Å²) < 4.78 is 27.8. The predicted octanol–water partition coefficient (Wildman–Crippen LogP) is 4.51. The summed E-state index contributed by atoms with van der Waals surface area (Å²) in [7, 11) is 0. The molecule has 0 unspecified atom stereocenters. The standard InChI is InChI=1S/C20H16F2N4/c21-15-4-5-17-18(11-15)25-20(24-17)14(12-23)9-13-3-6-19(16(22)10-13)26-7-1-2-8-26/h3-6,9-11H,1-2,7-8H2,(H,24,25)/b14-9-. The summed E-state index contributed by atoms with van der Waals surface area (Å²) in [6.07, 6.45) is 3.73. The summed E-state index contributed by atoms with van der Waals surface area (Å²) in [5, 5.41) is 9.46. The minimum Gasteiger partial charge on any atom is -0.369 e. The van der Waals surface area contributed by atoms with Crippen LogP contribution in [0.1, 0.15) is 24.2 Å². The van der Waals surface area contributed by atoms with Gasteiger partial charge in [-0.05, 0) is 54.8 Å². The van der Waals surface area contributed by atoms with Crippen molar-refractivity contribution in [2.24, 2.45) is 0 Å². The number of nitrogens with one attached hydrogen (secondary N) is 1. The summed E-state index contributed by atoms with van der Waals surface area (Å²) in [6.45, 7) is 1.73. The lowest BCUT2D eigenvalue weighted by molar-refractivity contribution is 0.623. The zero-order valence-electron chi connectivity index (χ0n) is 14.0. The van der Waals surface area contributed by atoms with Gasteiger partial charge >= 0.3 is 0 Å². The lowest BCUT2D eigenvalue weighted by Crippen LogP contribution is -2.18. The molecule has 1 fully saturated rings. The number of hydrogen-bond acceptors (Lipinski definition) is 3. The zero-order valence-corrected chi connectivity index (χ0v) is 14.0. The summed E-state index contributed by atoms with van der Waals surface area (Å²) in [6, 6.07) is 11.2. The molecule has 0 saturated carbocycles. The van der Waals surface area contributed by atoms with E-state index in [9.17, 15) is 14.0 Å². The maximum atomic E-state index is 14.5. The van der Waals surface area contributed by atoms with Gasteiger partial charge in [-0.15, -0.1) is 0 Å². The van der Waals surface area contributed by atoms with Crippen molar-refractivity contribution >= 4 is 28.4 Å². The third kappa shape index (κ3) is 3.04. The van der Waals surface area contributed by atoms with Gasteiger partial charge in [-0.25, -0.2) is 13.8 Å². The fourth-order valence-corrected chi connectivity index (χ4v) is 3.26. The normalized spacial score (nSPS) is 14.8. The topological polar surface area (TPSA) is 55.7 Å². The van der Waals surface area contributed by atoms with E-state index < -0.39 is 0 Å². The third-order valence-corrected chi connectivity index (χ3v) is 4.55. The number of anilines is 1. The molecule has 2 heterocycles. The molecule has 0 spiro atoms. The van der Waals surface area contributed by atoms with Crippen LogP contribution in [0.2, 0.25) is 0 Å². The van der Waals surface area contributed by atoms with Crippen molar-refractivity contribution in [3.05, 3.63) is 59.4 Å².